The summed E-state index contributed by atoms with van der Waals surface area (Å²) in [7, 11) is 0. The molecule has 2 aromatic heterocycles. The molecule has 0 saturated carbocycles. The molecular weight excluding hydrogens is 534 g/mol. The van der Waals surface area contributed by atoms with Crippen molar-refractivity contribution < 1.29 is 24.3 Å². The number of halogens is 1. The van der Waals surface area contributed by atoms with Crippen molar-refractivity contribution in [2.24, 2.45) is 0 Å². The summed E-state index contributed by atoms with van der Waals surface area (Å²) < 4.78 is 0. The van der Waals surface area contributed by atoms with Crippen LogP contribution in [-0.4, -0.2) is 49.7 Å². The van der Waals surface area contributed by atoms with Gasteiger partial charge in [-0.25, -0.2) is 4.79 Å². The first-order chi connectivity index (χ1) is 19.3. The molecule has 5 rings (SSSR count). The van der Waals surface area contributed by atoms with Crippen LogP contribution in [0.1, 0.15) is 42.5 Å². The predicted molar refractivity (Wildman–Crippen MR) is 147 cm³/mol. The number of nitrogens with one attached hydrogen (secondary N) is 2. The van der Waals surface area contributed by atoms with Crippen LogP contribution >= 0.6 is 11.6 Å². The lowest BCUT2D eigenvalue weighted by Crippen LogP contribution is -2.46. The van der Waals surface area contributed by atoms with Gasteiger partial charge in [-0.15, -0.1) is 0 Å². The summed E-state index contributed by atoms with van der Waals surface area (Å²) in [6.07, 6.45) is 3.19. The second-order valence-electron chi connectivity index (χ2n) is 9.01. The summed E-state index contributed by atoms with van der Waals surface area (Å²) in [5.74, 6) is -2.69. The highest BCUT2D eigenvalue weighted by molar-refractivity contribution is 6.31. The number of anilines is 2. The Hall–Kier alpha value is -5.09. The van der Waals surface area contributed by atoms with Gasteiger partial charge in [0.2, 0.25) is 5.91 Å². The lowest BCUT2D eigenvalue weighted by atomic mass is 10.0. The lowest BCUT2D eigenvalue weighted by Gasteiger charge is -2.29. The summed E-state index contributed by atoms with van der Waals surface area (Å²) in [4.78, 5) is 61.6. The molecule has 11 heteroatoms. The minimum Gasteiger partial charge on any atom is -0.478 e. The first kappa shape index (κ1) is 26.5. The van der Waals surface area contributed by atoms with Crippen molar-refractivity contribution >= 4 is 46.7 Å². The molecule has 40 heavy (non-hydrogen) atoms. The van der Waals surface area contributed by atoms with Gasteiger partial charge in [-0.1, -0.05) is 29.8 Å². The van der Waals surface area contributed by atoms with Gasteiger partial charge in [0.25, 0.3) is 11.8 Å². The van der Waals surface area contributed by atoms with E-state index in [0.717, 1.165) is 0 Å². The number of fused-ring (bicyclic) bond motifs is 1. The molecule has 1 aliphatic rings. The third-order valence-corrected chi connectivity index (χ3v) is 6.59. The smallest absolute Gasteiger partial charge is 0.337 e. The maximum Gasteiger partial charge on any atom is 0.337 e. The molecule has 1 aliphatic heterocycles. The van der Waals surface area contributed by atoms with Crippen molar-refractivity contribution in [3.05, 3.63) is 118 Å². The second kappa shape index (κ2) is 11.3. The Morgan fingerprint density at radius 3 is 2.45 bits per heavy atom. The SMILES string of the molecule is O=C(Nc1cc(CN2C(=O)c3ccc(Cl)cc3NC(=O)C2Cc2ccccn2)ccc1C(=O)O)c1ccccn1. The van der Waals surface area contributed by atoms with Crippen LogP contribution in [0.25, 0.3) is 0 Å². The third-order valence-electron chi connectivity index (χ3n) is 6.35. The number of rotatable bonds is 7. The maximum absolute atomic E-state index is 13.8. The number of aromatic carboxylic acids is 1. The number of carboxylic acids is 1. The molecule has 10 nitrogen and oxygen atoms in total. The zero-order valence-corrected chi connectivity index (χ0v) is 21.6. The minimum atomic E-state index is -1.24. The van der Waals surface area contributed by atoms with Gasteiger partial charge in [0.05, 0.1) is 22.5 Å². The van der Waals surface area contributed by atoms with E-state index in [9.17, 15) is 24.3 Å². The molecule has 0 spiro atoms. The number of pyridine rings is 2. The van der Waals surface area contributed by atoms with Crippen molar-refractivity contribution in [1.82, 2.24) is 14.9 Å². The molecular formula is C29H22ClN5O5. The second-order valence-corrected chi connectivity index (χ2v) is 9.44. The van der Waals surface area contributed by atoms with Crippen LogP contribution in [0.15, 0.2) is 85.2 Å². The van der Waals surface area contributed by atoms with E-state index in [1.807, 2.05) is 0 Å². The molecule has 0 aliphatic carbocycles. The average Bonchev–Trinajstić information content (AvgIpc) is 3.04. The number of amides is 3. The number of nitrogens with zero attached hydrogens (tertiary/aromatic N) is 3. The third kappa shape index (κ3) is 5.67. The average molecular weight is 556 g/mol. The molecule has 0 radical (unpaired) electrons. The first-order valence-electron chi connectivity index (χ1n) is 12.2. The van der Waals surface area contributed by atoms with Gasteiger partial charge in [-0.3, -0.25) is 24.4 Å². The van der Waals surface area contributed by atoms with E-state index >= 15 is 0 Å². The molecule has 200 valence electrons. The highest BCUT2D eigenvalue weighted by Gasteiger charge is 2.36. The molecule has 1 atom stereocenters. The van der Waals surface area contributed by atoms with Crippen molar-refractivity contribution in [3.63, 3.8) is 0 Å². The zero-order chi connectivity index (χ0) is 28.2. The van der Waals surface area contributed by atoms with Crippen molar-refractivity contribution in [1.29, 1.82) is 0 Å². The molecule has 3 N–H and O–H groups in total. The number of hydrogen-bond donors (Lipinski definition) is 3. The number of carbonyl (C=O) groups is 4. The predicted octanol–water partition coefficient (Wildman–Crippen LogP) is 4.29. The van der Waals surface area contributed by atoms with Crippen LogP contribution in [0.3, 0.4) is 0 Å². The Kier molecular flexibility index (Phi) is 7.52. The largest absolute Gasteiger partial charge is 0.478 e. The van der Waals surface area contributed by atoms with Crippen molar-refractivity contribution in [3.8, 4) is 0 Å². The van der Waals surface area contributed by atoms with Gasteiger partial charge < -0.3 is 20.6 Å². The van der Waals surface area contributed by atoms with Crippen LogP contribution in [-0.2, 0) is 17.8 Å². The molecule has 4 aromatic rings. The van der Waals surface area contributed by atoms with E-state index in [1.54, 1.807) is 48.7 Å². The van der Waals surface area contributed by atoms with Crippen LogP contribution < -0.4 is 10.6 Å². The summed E-state index contributed by atoms with van der Waals surface area (Å²) in [5, 5.41) is 15.5. The van der Waals surface area contributed by atoms with Gasteiger partial charge >= 0.3 is 5.97 Å². The first-order valence-corrected chi connectivity index (χ1v) is 12.6. The van der Waals surface area contributed by atoms with E-state index in [2.05, 4.69) is 20.6 Å². The maximum atomic E-state index is 13.8. The molecule has 0 saturated heterocycles. The Morgan fingerprint density at radius 1 is 0.975 bits per heavy atom. The summed E-state index contributed by atoms with van der Waals surface area (Å²) in [6, 6.07) is 18.1. The van der Waals surface area contributed by atoms with Gasteiger partial charge in [0.1, 0.15) is 11.7 Å². The van der Waals surface area contributed by atoms with Gasteiger partial charge in [-0.2, -0.15) is 0 Å². The highest BCUT2D eigenvalue weighted by atomic mass is 35.5. The van der Waals surface area contributed by atoms with E-state index in [-0.39, 0.29) is 35.5 Å². The molecule has 3 amide bonds. The summed E-state index contributed by atoms with van der Waals surface area (Å²) in [6.45, 7) is -0.0574. The number of hydrogen-bond acceptors (Lipinski definition) is 6. The van der Waals surface area contributed by atoms with Gasteiger partial charge in [-0.05, 0) is 60.2 Å². The fraction of sp³-hybridized carbons (Fsp3) is 0.103. The number of benzene rings is 2. The Balaban J connectivity index is 1.52. The Labute approximate surface area is 233 Å². The fourth-order valence-electron chi connectivity index (χ4n) is 4.42. The standard InChI is InChI=1S/C29H22ClN5O5/c30-18-8-10-20-24(14-18)34-27(37)25(15-19-5-1-3-11-31-19)35(28(20)38)16-17-7-9-21(29(39)40)23(13-17)33-26(36)22-6-2-4-12-32-22/h1-14,25H,15-16H2,(H,33,36)(H,34,37)(H,39,40). The molecule has 1 unspecified atom stereocenters. The quantitative estimate of drug-likeness (QED) is 0.309. The van der Waals surface area contributed by atoms with Crippen molar-refractivity contribution in [2.75, 3.05) is 10.6 Å². The van der Waals surface area contributed by atoms with Crippen LogP contribution in [0, 0.1) is 0 Å². The van der Waals surface area contributed by atoms with Crippen LogP contribution in [0.5, 0.6) is 0 Å². The molecule has 0 fully saturated rings. The topological polar surface area (TPSA) is 142 Å². The highest BCUT2D eigenvalue weighted by Crippen LogP contribution is 2.29. The molecule has 0 bridgehead atoms. The number of carbonyl (C=O) groups excluding carboxylic acids is 3. The molecule has 2 aromatic carbocycles. The number of carboxylic acid groups (broad SMARTS) is 1. The minimum absolute atomic E-state index is 0.0285. The van der Waals surface area contributed by atoms with Gasteiger partial charge in [0.15, 0.2) is 0 Å². The van der Waals surface area contributed by atoms with Crippen LogP contribution in [0.2, 0.25) is 5.02 Å². The summed E-state index contributed by atoms with van der Waals surface area (Å²) >= 11 is 6.13. The fourth-order valence-corrected chi connectivity index (χ4v) is 4.59. The lowest BCUT2D eigenvalue weighted by molar-refractivity contribution is -0.120. The zero-order valence-electron chi connectivity index (χ0n) is 20.9. The monoisotopic (exact) mass is 555 g/mol. The summed E-state index contributed by atoms with van der Waals surface area (Å²) in [5.41, 5.74) is 1.64. The van der Waals surface area contributed by atoms with Gasteiger partial charge in [0, 0.05) is 36.1 Å². The van der Waals surface area contributed by atoms with Crippen molar-refractivity contribution in [2.45, 2.75) is 19.0 Å². The normalized spacial score (nSPS) is 14.6. The number of aromatic nitrogens is 2. The van der Waals surface area contributed by atoms with E-state index < -0.39 is 29.7 Å². The van der Waals surface area contributed by atoms with E-state index in [0.29, 0.717) is 22.0 Å². The van der Waals surface area contributed by atoms with E-state index in [1.165, 1.54) is 41.4 Å². The van der Waals surface area contributed by atoms with Crippen LogP contribution in [0.4, 0.5) is 11.4 Å². The molecule has 3 heterocycles. The van der Waals surface area contributed by atoms with E-state index in [4.69, 9.17) is 11.6 Å². The Bertz CT molecular complexity index is 1610. The Morgan fingerprint density at radius 2 is 1.75 bits per heavy atom.